The summed E-state index contributed by atoms with van der Waals surface area (Å²) in [7, 11) is 0. The fraction of sp³-hybridized carbons (Fsp3) is 1.00. The first-order valence-electron chi connectivity index (χ1n) is 20.4. The van der Waals surface area contributed by atoms with Crippen LogP contribution in [0.4, 0.5) is 0 Å². The predicted octanol–water partition coefficient (Wildman–Crippen LogP) is 10.5. The van der Waals surface area contributed by atoms with Crippen LogP contribution in [0.2, 0.25) is 0 Å². The number of likely N-dealkylation sites (tertiary alicyclic amines) is 2. The third-order valence-electron chi connectivity index (χ3n) is 15.8. The van der Waals surface area contributed by atoms with Crippen LogP contribution in [0.5, 0.6) is 0 Å². The van der Waals surface area contributed by atoms with Gasteiger partial charge in [0, 0.05) is 36.3 Å². The van der Waals surface area contributed by atoms with Gasteiger partial charge in [-0.3, -0.25) is 9.80 Å². The van der Waals surface area contributed by atoms with E-state index < -0.39 is 0 Å². The molecule has 8 fully saturated rings. The largest absolute Gasteiger partial charge is 0.294 e. The van der Waals surface area contributed by atoms with E-state index in [0.717, 1.165) is 71.8 Å². The minimum atomic E-state index is 0.940. The third-order valence-corrected chi connectivity index (χ3v) is 15.8. The molecule has 8 rings (SSSR count). The van der Waals surface area contributed by atoms with Gasteiger partial charge in [0.1, 0.15) is 0 Å². The summed E-state index contributed by atoms with van der Waals surface area (Å²) < 4.78 is 0. The molecule has 42 heavy (non-hydrogen) atoms. The number of rotatable bonds is 3. The highest BCUT2D eigenvalue weighted by Gasteiger charge is 2.47. The van der Waals surface area contributed by atoms with Gasteiger partial charge in [-0.1, -0.05) is 51.4 Å². The summed E-state index contributed by atoms with van der Waals surface area (Å²) in [4.78, 5) is 6.60. The second kappa shape index (κ2) is 13.3. The molecule has 6 aliphatic carbocycles. The smallest absolute Gasteiger partial charge is 0.0129 e. The molecule has 0 spiro atoms. The van der Waals surface area contributed by atoms with E-state index >= 15 is 0 Å². The molecule has 238 valence electrons. The minimum Gasteiger partial charge on any atom is -0.294 e. The lowest BCUT2D eigenvalue weighted by atomic mass is 9.69. The Morgan fingerprint density at radius 3 is 0.738 bits per heavy atom. The van der Waals surface area contributed by atoms with Gasteiger partial charge in [0.05, 0.1) is 0 Å². The van der Waals surface area contributed by atoms with Gasteiger partial charge < -0.3 is 0 Å². The van der Waals surface area contributed by atoms with Crippen LogP contribution in [0.25, 0.3) is 0 Å². The fourth-order valence-electron chi connectivity index (χ4n) is 13.8. The van der Waals surface area contributed by atoms with Crippen molar-refractivity contribution in [1.29, 1.82) is 0 Å². The first kappa shape index (κ1) is 29.3. The number of nitrogens with zero attached hydrogens (tertiary/aromatic N) is 2. The zero-order chi connectivity index (χ0) is 27.9. The lowest BCUT2D eigenvalue weighted by molar-refractivity contribution is -0.0277. The van der Waals surface area contributed by atoms with E-state index in [9.17, 15) is 0 Å². The standard InChI is InChI=1S/C40H68N2/c1-5-13-37-31(9-1)17-18-32-10-2-6-14-38(32)41(37)35-25-21-29(22-26-35)30-23-27-36(28-24-30)42-39-15-7-3-11-33(39)19-20-34-12-4-8-16-40(34)42/h29-40H,1-28H2. The second-order valence-electron chi connectivity index (χ2n) is 17.6. The summed E-state index contributed by atoms with van der Waals surface area (Å²) >= 11 is 0. The molecule has 0 bridgehead atoms. The first-order valence-corrected chi connectivity index (χ1v) is 20.4. The molecule has 8 aliphatic rings. The first-order chi connectivity index (χ1) is 20.8. The Labute approximate surface area is 260 Å². The molecule has 2 heterocycles. The highest BCUT2D eigenvalue weighted by atomic mass is 15.2. The molecule has 2 aliphatic heterocycles. The van der Waals surface area contributed by atoms with Crippen molar-refractivity contribution >= 4 is 0 Å². The van der Waals surface area contributed by atoms with Crippen molar-refractivity contribution in [2.24, 2.45) is 35.5 Å². The summed E-state index contributed by atoms with van der Waals surface area (Å²) in [6, 6.07) is 5.73. The Kier molecular flexibility index (Phi) is 9.32. The van der Waals surface area contributed by atoms with Crippen LogP contribution in [0.15, 0.2) is 0 Å². The molecular formula is C40H68N2. The molecule has 2 heteroatoms. The van der Waals surface area contributed by atoms with E-state index in [0.29, 0.717) is 0 Å². The maximum Gasteiger partial charge on any atom is 0.0129 e. The van der Waals surface area contributed by atoms with Crippen molar-refractivity contribution in [3.8, 4) is 0 Å². The van der Waals surface area contributed by atoms with Gasteiger partial charge in [0.15, 0.2) is 0 Å². The van der Waals surface area contributed by atoms with E-state index in [4.69, 9.17) is 0 Å². The molecule has 2 nitrogen and oxygen atoms in total. The monoisotopic (exact) mass is 577 g/mol. The second-order valence-corrected chi connectivity index (χ2v) is 17.6. The van der Waals surface area contributed by atoms with Crippen LogP contribution in [0, 0.1) is 35.5 Å². The highest BCUT2D eigenvalue weighted by Crippen LogP contribution is 2.50. The van der Waals surface area contributed by atoms with Gasteiger partial charge in [-0.2, -0.15) is 0 Å². The molecular weight excluding hydrogens is 508 g/mol. The van der Waals surface area contributed by atoms with Crippen molar-refractivity contribution in [3.05, 3.63) is 0 Å². The molecule has 8 atom stereocenters. The van der Waals surface area contributed by atoms with Crippen LogP contribution in [0.1, 0.15) is 180 Å². The lowest BCUT2D eigenvalue weighted by Crippen LogP contribution is -2.56. The topological polar surface area (TPSA) is 6.48 Å². The van der Waals surface area contributed by atoms with Crippen LogP contribution in [0.3, 0.4) is 0 Å². The molecule has 0 aromatic rings. The van der Waals surface area contributed by atoms with Gasteiger partial charge in [0.25, 0.3) is 0 Å². The fourth-order valence-corrected chi connectivity index (χ4v) is 13.8. The Morgan fingerprint density at radius 1 is 0.214 bits per heavy atom. The Balaban J connectivity index is 0.905. The van der Waals surface area contributed by atoms with Gasteiger partial charge in [-0.15, -0.1) is 0 Å². The molecule has 0 radical (unpaired) electrons. The van der Waals surface area contributed by atoms with E-state index in [-0.39, 0.29) is 0 Å². The summed E-state index contributed by atoms with van der Waals surface area (Å²) in [6.07, 6.45) is 43.4. The van der Waals surface area contributed by atoms with Gasteiger partial charge in [-0.05, 0) is 164 Å². The molecule has 6 saturated carbocycles. The SMILES string of the molecule is C1CCC2C(C1)CCC1CCCCC1N2C1CCC(C2CCC(N3C4CCCCC4CCC4CCCCC43)CC2)CC1. The number of hydrogen-bond donors (Lipinski definition) is 0. The summed E-state index contributed by atoms with van der Waals surface area (Å²) in [5.41, 5.74) is 0. The zero-order valence-corrected chi connectivity index (χ0v) is 27.6. The average Bonchev–Trinajstić information content (AvgIpc) is 3.33. The lowest BCUT2D eigenvalue weighted by Gasteiger charge is -2.52. The van der Waals surface area contributed by atoms with Crippen LogP contribution in [-0.4, -0.2) is 46.1 Å². The summed E-state index contributed by atoms with van der Waals surface area (Å²) in [6.45, 7) is 0. The maximum atomic E-state index is 3.30. The molecule has 0 amide bonds. The quantitative estimate of drug-likeness (QED) is 0.330. The molecule has 0 N–H and O–H groups in total. The third kappa shape index (κ3) is 5.82. The van der Waals surface area contributed by atoms with Gasteiger partial charge >= 0.3 is 0 Å². The van der Waals surface area contributed by atoms with Crippen LogP contribution in [-0.2, 0) is 0 Å². The number of fused-ring (bicyclic) bond motifs is 4. The normalized spacial score (nSPS) is 49.4. The summed E-state index contributed by atoms with van der Waals surface area (Å²) in [5.74, 6) is 6.31. The zero-order valence-electron chi connectivity index (χ0n) is 27.6. The minimum absolute atomic E-state index is 0.940. The number of hydrogen-bond acceptors (Lipinski definition) is 2. The van der Waals surface area contributed by atoms with Crippen LogP contribution < -0.4 is 0 Å². The van der Waals surface area contributed by atoms with Gasteiger partial charge in [-0.25, -0.2) is 0 Å². The molecule has 8 unspecified atom stereocenters. The Morgan fingerprint density at radius 2 is 0.452 bits per heavy atom. The van der Waals surface area contributed by atoms with Crippen molar-refractivity contribution in [2.45, 2.75) is 216 Å². The Bertz CT molecular complexity index is 736. The van der Waals surface area contributed by atoms with Crippen molar-refractivity contribution in [3.63, 3.8) is 0 Å². The average molecular weight is 577 g/mol. The van der Waals surface area contributed by atoms with E-state index in [1.54, 1.807) is 103 Å². The molecule has 0 aromatic heterocycles. The van der Waals surface area contributed by atoms with Crippen molar-refractivity contribution in [1.82, 2.24) is 9.80 Å². The molecule has 2 saturated heterocycles. The Hall–Kier alpha value is -0.0800. The summed E-state index contributed by atoms with van der Waals surface area (Å²) in [5, 5.41) is 0. The maximum absolute atomic E-state index is 3.30. The van der Waals surface area contributed by atoms with Crippen molar-refractivity contribution < 1.29 is 0 Å². The highest BCUT2D eigenvalue weighted by molar-refractivity contribution is 5.01. The van der Waals surface area contributed by atoms with Gasteiger partial charge in [0.2, 0.25) is 0 Å². The predicted molar refractivity (Wildman–Crippen MR) is 177 cm³/mol. The van der Waals surface area contributed by atoms with Crippen molar-refractivity contribution in [2.75, 3.05) is 0 Å². The molecule has 0 aromatic carbocycles. The van der Waals surface area contributed by atoms with E-state index in [2.05, 4.69) is 9.80 Å². The van der Waals surface area contributed by atoms with E-state index in [1.807, 2.05) is 0 Å². The van der Waals surface area contributed by atoms with E-state index in [1.165, 1.54) is 77.0 Å². The van der Waals surface area contributed by atoms with Crippen LogP contribution >= 0.6 is 0 Å².